The Morgan fingerprint density at radius 2 is 1.52 bits per heavy atom. The Labute approximate surface area is 192 Å². The van der Waals surface area contributed by atoms with E-state index in [0.717, 1.165) is 11.1 Å². The van der Waals surface area contributed by atoms with Crippen molar-refractivity contribution < 1.29 is 24.2 Å². The molecule has 0 radical (unpaired) electrons. The van der Waals surface area contributed by atoms with E-state index in [1.54, 1.807) is 36.4 Å². The van der Waals surface area contributed by atoms with Crippen LogP contribution >= 0.6 is 0 Å². The largest absolute Gasteiger partial charge is 0.507 e. The summed E-state index contributed by atoms with van der Waals surface area (Å²) in [5, 5.41) is 11.4. The zero-order valence-corrected chi connectivity index (χ0v) is 19.0. The monoisotopic (exact) mass is 443 g/mol. The van der Waals surface area contributed by atoms with Gasteiger partial charge in [-0.3, -0.25) is 14.5 Å². The molecule has 1 aliphatic rings. The highest BCUT2D eigenvalue weighted by Crippen LogP contribution is 2.46. The maximum atomic E-state index is 13.4. The Balaban J connectivity index is 2.05. The predicted molar refractivity (Wildman–Crippen MR) is 127 cm³/mol. The molecule has 6 nitrogen and oxygen atoms in total. The molecule has 3 aromatic carbocycles. The van der Waals surface area contributed by atoms with Crippen molar-refractivity contribution in [3.05, 3.63) is 94.6 Å². The summed E-state index contributed by atoms with van der Waals surface area (Å²) >= 11 is 0. The minimum Gasteiger partial charge on any atom is -0.507 e. The van der Waals surface area contributed by atoms with Gasteiger partial charge in [0.1, 0.15) is 17.3 Å². The van der Waals surface area contributed by atoms with Gasteiger partial charge in [0, 0.05) is 11.3 Å². The minimum absolute atomic E-state index is 0.0186. The molecule has 1 saturated heterocycles. The summed E-state index contributed by atoms with van der Waals surface area (Å²) in [5.74, 6) is -0.877. The molecular formula is C27H25NO5. The number of benzene rings is 3. The molecule has 1 heterocycles. The van der Waals surface area contributed by atoms with Gasteiger partial charge in [-0.25, -0.2) is 0 Å². The first-order chi connectivity index (χ1) is 15.9. The van der Waals surface area contributed by atoms with E-state index in [1.807, 2.05) is 44.2 Å². The molecule has 4 rings (SSSR count). The number of amides is 1. The molecule has 1 unspecified atom stereocenters. The van der Waals surface area contributed by atoms with Gasteiger partial charge in [0.05, 0.1) is 31.4 Å². The van der Waals surface area contributed by atoms with Crippen LogP contribution in [0.3, 0.4) is 0 Å². The Kier molecular flexibility index (Phi) is 5.92. The van der Waals surface area contributed by atoms with Gasteiger partial charge in [0.2, 0.25) is 0 Å². The third-order valence-corrected chi connectivity index (χ3v) is 5.86. The van der Waals surface area contributed by atoms with Crippen molar-refractivity contribution in [2.24, 2.45) is 0 Å². The van der Waals surface area contributed by atoms with E-state index >= 15 is 0 Å². The van der Waals surface area contributed by atoms with E-state index in [4.69, 9.17) is 9.47 Å². The summed E-state index contributed by atoms with van der Waals surface area (Å²) in [6.45, 7) is 3.81. The molecule has 1 aliphatic heterocycles. The fourth-order valence-corrected chi connectivity index (χ4v) is 4.23. The van der Waals surface area contributed by atoms with Gasteiger partial charge in [0.25, 0.3) is 11.7 Å². The lowest BCUT2D eigenvalue weighted by Crippen LogP contribution is -2.30. The fourth-order valence-electron chi connectivity index (χ4n) is 4.23. The van der Waals surface area contributed by atoms with Crippen molar-refractivity contribution >= 4 is 23.1 Å². The van der Waals surface area contributed by atoms with Crippen LogP contribution in [0.5, 0.6) is 11.5 Å². The summed E-state index contributed by atoms with van der Waals surface area (Å²) in [4.78, 5) is 28.3. The number of aliphatic hydroxyl groups excluding tert-OH is 1. The minimum atomic E-state index is -0.883. The van der Waals surface area contributed by atoms with Crippen molar-refractivity contribution in [2.45, 2.75) is 19.9 Å². The molecule has 6 heteroatoms. The highest BCUT2D eigenvalue weighted by atomic mass is 16.5. The van der Waals surface area contributed by atoms with Gasteiger partial charge in [-0.05, 0) is 49.2 Å². The molecule has 0 aromatic heterocycles. The number of rotatable bonds is 5. The number of aryl methyl sites for hydroxylation is 2. The first kappa shape index (κ1) is 22.1. The Bertz CT molecular complexity index is 1280. The van der Waals surface area contributed by atoms with E-state index in [2.05, 4.69) is 0 Å². The molecule has 1 amide bonds. The highest BCUT2D eigenvalue weighted by Gasteiger charge is 2.48. The average Bonchev–Trinajstić information content (AvgIpc) is 3.10. The van der Waals surface area contributed by atoms with E-state index in [-0.39, 0.29) is 11.3 Å². The summed E-state index contributed by atoms with van der Waals surface area (Å²) < 4.78 is 11.0. The van der Waals surface area contributed by atoms with E-state index in [0.29, 0.717) is 28.3 Å². The first-order valence-corrected chi connectivity index (χ1v) is 10.5. The second-order valence-corrected chi connectivity index (χ2v) is 7.90. The van der Waals surface area contributed by atoms with Crippen molar-refractivity contribution in [1.82, 2.24) is 0 Å². The van der Waals surface area contributed by atoms with Crippen molar-refractivity contribution in [1.29, 1.82) is 0 Å². The van der Waals surface area contributed by atoms with Crippen LogP contribution in [0.2, 0.25) is 0 Å². The second-order valence-electron chi connectivity index (χ2n) is 7.90. The summed E-state index contributed by atoms with van der Waals surface area (Å²) in [7, 11) is 3.02. The van der Waals surface area contributed by atoms with E-state index < -0.39 is 17.7 Å². The van der Waals surface area contributed by atoms with Crippen LogP contribution in [-0.4, -0.2) is 31.0 Å². The van der Waals surface area contributed by atoms with Crippen LogP contribution in [0, 0.1) is 13.8 Å². The number of carbonyl (C=O) groups is 2. The van der Waals surface area contributed by atoms with Gasteiger partial charge in [-0.2, -0.15) is 0 Å². The van der Waals surface area contributed by atoms with Crippen LogP contribution in [0.4, 0.5) is 5.69 Å². The number of Topliss-reactive ketones (excluding diaryl/α,β-unsaturated/α-hetero) is 1. The topological polar surface area (TPSA) is 76.1 Å². The number of anilines is 1. The molecule has 1 fully saturated rings. The number of hydrogen-bond acceptors (Lipinski definition) is 5. The number of hydrogen-bond donors (Lipinski definition) is 1. The molecule has 0 saturated carbocycles. The van der Waals surface area contributed by atoms with Crippen molar-refractivity contribution in [3.63, 3.8) is 0 Å². The molecule has 1 N–H and O–H groups in total. The fraction of sp³-hybridized carbons (Fsp3) is 0.185. The van der Waals surface area contributed by atoms with Gasteiger partial charge in [0.15, 0.2) is 0 Å². The molecule has 1 atom stereocenters. The van der Waals surface area contributed by atoms with Gasteiger partial charge in [-0.1, -0.05) is 42.5 Å². The molecule has 0 bridgehead atoms. The molecule has 33 heavy (non-hydrogen) atoms. The first-order valence-electron chi connectivity index (χ1n) is 10.5. The Hall–Kier alpha value is -4.06. The maximum absolute atomic E-state index is 13.4. The smallest absolute Gasteiger partial charge is 0.300 e. The van der Waals surface area contributed by atoms with E-state index in [9.17, 15) is 14.7 Å². The second kappa shape index (κ2) is 8.82. The lowest BCUT2D eigenvalue weighted by molar-refractivity contribution is -0.132. The number of aliphatic hydroxyl groups is 1. The SMILES string of the molecule is COc1ccccc1/C(O)=C1\C(=O)C(=O)N(c2cc(C)ccc2C)C1c1ccccc1OC. The number of methoxy groups -OCH3 is 2. The lowest BCUT2D eigenvalue weighted by atomic mass is 9.94. The van der Waals surface area contributed by atoms with E-state index in [1.165, 1.54) is 19.1 Å². The maximum Gasteiger partial charge on any atom is 0.300 e. The normalized spacial score (nSPS) is 17.3. The highest BCUT2D eigenvalue weighted by molar-refractivity contribution is 6.51. The van der Waals surface area contributed by atoms with Gasteiger partial charge >= 0.3 is 0 Å². The molecule has 0 spiro atoms. The molecular weight excluding hydrogens is 418 g/mol. The number of para-hydroxylation sites is 2. The van der Waals surface area contributed by atoms with Gasteiger partial charge < -0.3 is 14.6 Å². The molecule has 3 aromatic rings. The zero-order chi connectivity index (χ0) is 23.7. The van der Waals surface area contributed by atoms with Crippen molar-refractivity contribution in [2.75, 3.05) is 19.1 Å². The van der Waals surface area contributed by atoms with Crippen LogP contribution in [0.25, 0.3) is 5.76 Å². The Morgan fingerprint density at radius 3 is 2.21 bits per heavy atom. The third kappa shape index (κ3) is 3.74. The predicted octanol–water partition coefficient (Wildman–Crippen LogP) is 4.95. The van der Waals surface area contributed by atoms with Crippen LogP contribution in [0.1, 0.15) is 28.3 Å². The van der Waals surface area contributed by atoms with Crippen LogP contribution in [0.15, 0.2) is 72.3 Å². The summed E-state index contributed by atoms with van der Waals surface area (Å²) in [5.41, 5.74) is 3.29. The molecule has 168 valence electrons. The number of ketones is 1. The quantitative estimate of drug-likeness (QED) is 0.343. The lowest BCUT2D eigenvalue weighted by Gasteiger charge is -2.28. The Morgan fingerprint density at radius 1 is 0.879 bits per heavy atom. The third-order valence-electron chi connectivity index (χ3n) is 5.86. The number of ether oxygens (including phenoxy) is 2. The van der Waals surface area contributed by atoms with Crippen LogP contribution < -0.4 is 14.4 Å². The summed E-state index contributed by atoms with van der Waals surface area (Å²) in [6, 6.07) is 18.9. The zero-order valence-electron chi connectivity index (χ0n) is 19.0. The number of nitrogens with zero attached hydrogens (tertiary/aromatic N) is 1. The van der Waals surface area contributed by atoms with Crippen molar-refractivity contribution in [3.8, 4) is 11.5 Å². The van der Waals surface area contributed by atoms with Gasteiger partial charge in [-0.15, -0.1) is 0 Å². The standard InChI is InChI=1S/C27H25NO5/c1-16-13-14-17(2)20(15-16)28-24(18-9-5-7-11-21(18)32-3)23(26(30)27(28)31)25(29)19-10-6-8-12-22(19)33-4/h5-15,24,29H,1-4H3/b25-23+. The van der Waals surface area contributed by atoms with Crippen LogP contribution in [-0.2, 0) is 9.59 Å². The average molecular weight is 443 g/mol. The summed E-state index contributed by atoms with van der Waals surface area (Å²) in [6.07, 6.45) is 0. The molecule has 0 aliphatic carbocycles. The number of carbonyl (C=O) groups excluding carboxylic acids is 2.